The van der Waals surface area contributed by atoms with Gasteiger partial charge in [0, 0.05) is 25.5 Å². The quantitative estimate of drug-likeness (QED) is 0.864. The van der Waals surface area contributed by atoms with Gasteiger partial charge in [-0.15, -0.1) is 0 Å². The molecule has 0 aliphatic rings. The molecular weight excluding hydrogens is 220 g/mol. The number of benzene rings is 1. The maximum atomic E-state index is 4.10. The highest BCUT2D eigenvalue weighted by Crippen LogP contribution is 2.05. The lowest BCUT2D eigenvalue weighted by molar-refractivity contribution is 0.739. The SMILES string of the molecule is C/C(=C/c1ccccc1)CNCc1cccnc1. The molecule has 0 atom stereocenters. The second-order valence-electron chi connectivity index (χ2n) is 4.37. The Morgan fingerprint density at radius 3 is 2.72 bits per heavy atom. The first kappa shape index (κ1) is 12.5. The van der Waals surface area contributed by atoms with Crippen LogP contribution in [0.15, 0.2) is 60.4 Å². The van der Waals surface area contributed by atoms with Crippen LogP contribution in [0.4, 0.5) is 0 Å². The fourth-order valence-corrected chi connectivity index (χ4v) is 1.79. The lowest BCUT2D eigenvalue weighted by Crippen LogP contribution is -2.15. The zero-order chi connectivity index (χ0) is 12.6. The molecule has 0 amide bonds. The summed E-state index contributed by atoms with van der Waals surface area (Å²) in [6, 6.07) is 14.4. The molecule has 2 rings (SSSR count). The van der Waals surface area contributed by atoms with Crippen molar-refractivity contribution >= 4 is 6.08 Å². The van der Waals surface area contributed by atoms with Crippen LogP contribution in [0.2, 0.25) is 0 Å². The summed E-state index contributed by atoms with van der Waals surface area (Å²) in [5.74, 6) is 0. The topological polar surface area (TPSA) is 24.9 Å². The lowest BCUT2D eigenvalue weighted by Gasteiger charge is -2.05. The molecule has 0 unspecified atom stereocenters. The highest BCUT2D eigenvalue weighted by molar-refractivity contribution is 5.52. The number of nitrogens with one attached hydrogen (secondary N) is 1. The fraction of sp³-hybridized carbons (Fsp3) is 0.188. The van der Waals surface area contributed by atoms with Crippen LogP contribution in [0.5, 0.6) is 0 Å². The standard InChI is InChI=1S/C16H18N2/c1-14(10-15-6-3-2-4-7-15)11-18-13-16-8-5-9-17-12-16/h2-10,12,18H,11,13H2,1H3/b14-10-. The summed E-state index contributed by atoms with van der Waals surface area (Å²) in [6.07, 6.45) is 5.89. The van der Waals surface area contributed by atoms with Gasteiger partial charge in [0.25, 0.3) is 0 Å². The third-order valence-corrected chi connectivity index (χ3v) is 2.67. The Hall–Kier alpha value is -1.93. The van der Waals surface area contributed by atoms with E-state index >= 15 is 0 Å². The summed E-state index contributed by atoms with van der Waals surface area (Å²) in [7, 11) is 0. The van der Waals surface area contributed by atoms with Gasteiger partial charge < -0.3 is 5.32 Å². The van der Waals surface area contributed by atoms with E-state index in [0.29, 0.717) is 0 Å². The van der Waals surface area contributed by atoms with Crippen LogP contribution in [-0.4, -0.2) is 11.5 Å². The Morgan fingerprint density at radius 2 is 2.00 bits per heavy atom. The molecule has 2 heteroatoms. The van der Waals surface area contributed by atoms with E-state index in [-0.39, 0.29) is 0 Å². The number of hydrogen-bond donors (Lipinski definition) is 1. The average molecular weight is 238 g/mol. The minimum absolute atomic E-state index is 0.855. The van der Waals surface area contributed by atoms with Gasteiger partial charge in [0.15, 0.2) is 0 Å². The minimum atomic E-state index is 0.855. The largest absolute Gasteiger partial charge is 0.309 e. The fourth-order valence-electron chi connectivity index (χ4n) is 1.79. The summed E-state index contributed by atoms with van der Waals surface area (Å²) in [5.41, 5.74) is 3.79. The Balaban J connectivity index is 1.82. The second-order valence-corrected chi connectivity index (χ2v) is 4.37. The number of rotatable bonds is 5. The van der Waals surface area contributed by atoms with E-state index in [1.54, 1.807) is 6.20 Å². The van der Waals surface area contributed by atoms with Crippen molar-refractivity contribution < 1.29 is 0 Å². The zero-order valence-electron chi connectivity index (χ0n) is 10.6. The van der Waals surface area contributed by atoms with E-state index in [2.05, 4.69) is 53.6 Å². The highest BCUT2D eigenvalue weighted by Gasteiger charge is 1.93. The summed E-state index contributed by atoms with van der Waals surface area (Å²) in [4.78, 5) is 4.10. The van der Waals surface area contributed by atoms with Crippen molar-refractivity contribution in [2.45, 2.75) is 13.5 Å². The van der Waals surface area contributed by atoms with Crippen molar-refractivity contribution in [2.24, 2.45) is 0 Å². The molecule has 0 aliphatic heterocycles. The molecule has 0 fully saturated rings. The van der Waals surface area contributed by atoms with Crippen LogP contribution >= 0.6 is 0 Å². The monoisotopic (exact) mass is 238 g/mol. The molecule has 18 heavy (non-hydrogen) atoms. The van der Waals surface area contributed by atoms with Gasteiger partial charge in [0.2, 0.25) is 0 Å². The summed E-state index contributed by atoms with van der Waals surface area (Å²) in [6.45, 7) is 3.89. The smallest absolute Gasteiger partial charge is 0.0312 e. The van der Waals surface area contributed by atoms with Crippen molar-refractivity contribution in [3.05, 3.63) is 71.6 Å². The molecule has 0 bridgehead atoms. The Bertz CT molecular complexity index is 489. The van der Waals surface area contributed by atoms with Crippen molar-refractivity contribution in [2.75, 3.05) is 6.54 Å². The lowest BCUT2D eigenvalue weighted by atomic mass is 10.1. The molecule has 2 nitrogen and oxygen atoms in total. The van der Waals surface area contributed by atoms with Crippen molar-refractivity contribution in [3.63, 3.8) is 0 Å². The molecule has 0 radical (unpaired) electrons. The Kier molecular flexibility index (Phi) is 4.68. The summed E-state index contributed by atoms with van der Waals surface area (Å²) < 4.78 is 0. The first-order valence-corrected chi connectivity index (χ1v) is 6.16. The predicted molar refractivity (Wildman–Crippen MR) is 76.0 cm³/mol. The van der Waals surface area contributed by atoms with E-state index in [1.165, 1.54) is 16.7 Å². The van der Waals surface area contributed by atoms with Gasteiger partial charge in [-0.05, 0) is 24.1 Å². The van der Waals surface area contributed by atoms with Crippen LogP contribution in [-0.2, 0) is 6.54 Å². The summed E-state index contributed by atoms with van der Waals surface area (Å²) in [5, 5.41) is 3.41. The van der Waals surface area contributed by atoms with Crippen LogP contribution in [0, 0.1) is 0 Å². The van der Waals surface area contributed by atoms with E-state index in [4.69, 9.17) is 0 Å². The van der Waals surface area contributed by atoms with Crippen LogP contribution in [0.1, 0.15) is 18.1 Å². The van der Waals surface area contributed by atoms with Crippen molar-refractivity contribution in [1.82, 2.24) is 10.3 Å². The highest BCUT2D eigenvalue weighted by atomic mass is 14.8. The Morgan fingerprint density at radius 1 is 1.17 bits per heavy atom. The molecule has 1 heterocycles. The Labute approximate surface area is 108 Å². The number of hydrogen-bond acceptors (Lipinski definition) is 2. The van der Waals surface area contributed by atoms with E-state index in [1.807, 2.05) is 18.3 Å². The molecular formula is C16H18N2. The van der Waals surface area contributed by atoms with Gasteiger partial charge in [-0.2, -0.15) is 0 Å². The van der Waals surface area contributed by atoms with Crippen molar-refractivity contribution in [3.8, 4) is 0 Å². The van der Waals surface area contributed by atoms with Crippen LogP contribution in [0.25, 0.3) is 6.08 Å². The van der Waals surface area contributed by atoms with Crippen molar-refractivity contribution in [1.29, 1.82) is 0 Å². The first-order valence-electron chi connectivity index (χ1n) is 6.16. The van der Waals surface area contributed by atoms with Gasteiger partial charge in [-0.25, -0.2) is 0 Å². The van der Waals surface area contributed by atoms with E-state index in [0.717, 1.165) is 13.1 Å². The van der Waals surface area contributed by atoms with E-state index in [9.17, 15) is 0 Å². The number of pyridine rings is 1. The normalized spacial score (nSPS) is 11.5. The first-order chi connectivity index (χ1) is 8.84. The average Bonchev–Trinajstić information content (AvgIpc) is 2.41. The van der Waals surface area contributed by atoms with Crippen LogP contribution in [0.3, 0.4) is 0 Å². The maximum Gasteiger partial charge on any atom is 0.0312 e. The van der Waals surface area contributed by atoms with Gasteiger partial charge >= 0.3 is 0 Å². The molecule has 2 aromatic rings. The molecule has 0 saturated carbocycles. The third-order valence-electron chi connectivity index (χ3n) is 2.67. The van der Waals surface area contributed by atoms with Gasteiger partial charge in [-0.3, -0.25) is 4.98 Å². The molecule has 1 aromatic carbocycles. The molecule has 92 valence electrons. The van der Waals surface area contributed by atoms with E-state index < -0.39 is 0 Å². The van der Waals surface area contributed by atoms with Gasteiger partial charge in [0.05, 0.1) is 0 Å². The molecule has 0 spiro atoms. The molecule has 0 aliphatic carbocycles. The number of nitrogens with zero attached hydrogens (tertiary/aromatic N) is 1. The maximum absolute atomic E-state index is 4.10. The molecule has 1 N–H and O–H groups in total. The zero-order valence-corrected chi connectivity index (χ0v) is 10.6. The molecule has 1 aromatic heterocycles. The third kappa shape index (κ3) is 4.15. The van der Waals surface area contributed by atoms with Gasteiger partial charge in [-0.1, -0.05) is 48.0 Å². The number of aromatic nitrogens is 1. The second kappa shape index (κ2) is 6.72. The minimum Gasteiger partial charge on any atom is -0.309 e. The summed E-state index contributed by atoms with van der Waals surface area (Å²) >= 11 is 0. The predicted octanol–water partition coefficient (Wildman–Crippen LogP) is 3.27. The van der Waals surface area contributed by atoms with Crippen LogP contribution < -0.4 is 5.32 Å². The van der Waals surface area contributed by atoms with Gasteiger partial charge in [0.1, 0.15) is 0 Å². The molecule has 0 saturated heterocycles.